The molecule has 5 amide bonds. The van der Waals surface area contributed by atoms with Gasteiger partial charge in [-0.25, -0.2) is 9.97 Å². The Hall–Kier alpha value is -6.67. The van der Waals surface area contributed by atoms with E-state index in [1.54, 1.807) is 42.9 Å². The van der Waals surface area contributed by atoms with Crippen molar-refractivity contribution in [3.8, 4) is 28.1 Å². The smallest absolute Gasteiger partial charge is 0.257 e. The number of nitrogens with one attached hydrogen (secondary N) is 4. The van der Waals surface area contributed by atoms with Gasteiger partial charge in [0.2, 0.25) is 23.7 Å². The minimum Gasteiger partial charge on any atom is -0.483 e. The molecule has 2 aromatic heterocycles. The molecule has 2 aliphatic rings. The molecule has 2 aliphatic heterocycles. The molecule has 0 bridgehead atoms. The predicted octanol–water partition coefficient (Wildman–Crippen LogP) is 7.62. The number of ether oxygens (including phenoxy) is 1. The molecule has 1 fully saturated rings. The SMILES string of the molecule is O=C(COc1cccc2c1CN(C1CCC(=O)NC1=O)C2=O)NCCCCCCCCCC(=O)Nc1cncc(Nc2ncc(Cl)c(-c3cccc(-c4ccccc4)c3)n2)c1. The van der Waals surface area contributed by atoms with Crippen LogP contribution in [-0.4, -0.2) is 68.6 Å². The first-order chi connectivity index (χ1) is 29.7. The maximum absolute atomic E-state index is 13.0. The Morgan fingerprint density at radius 3 is 2.36 bits per heavy atom. The van der Waals surface area contributed by atoms with Crippen LogP contribution in [0.25, 0.3) is 22.4 Å². The van der Waals surface area contributed by atoms with Crippen LogP contribution >= 0.6 is 11.6 Å². The third-order valence-corrected chi connectivity index (χ3v) is 10.8. The maximum atomic E-state index is 13.0. The largest absolute Gasteiger partial charge is 0.483 e. The molecule has 314 valence electrons. The number of anilines is 3. The average molecular weight is 843 g/mol. The number of rotatable bonds is 19. The Kier molecular flexibility index (Phi) is 14.3. The second kappa shape index (κ2) is 20.5. The highest BCUT2D eigenvalue weighted by molar-refractivity contribution is 6.33. The number of aromatic nitrogens is 3. The first-order valence-electron chi connectivity index (χ1n) is 20.6. The van der Waals surface area contributed by atoms with Crippen molar-refractivity contribution >= 4 is 58.5 Å². The third-order valence-electron chi connectivity index (χ3n) is 10.6. The van der Waals surface area contributed by atoms with E-state index in [2.05, 4.69) is 48.4 Å². The van der Waals surface area contributed by atoms with E-state index in [1.807, 2.05) is 42.5 Å². The number of hydrogen-bond acceptors (Lipinski definition) is 10. The Morgan fingerprint density at radius 2 is 1.54 bits per heavy atom. The molecular weight excluding hydrogens is 796 g/mol. The van der Waals surface area contributed by atoms with Gasteiger partial charge in [0.25, 0.3) is 11.8 Å². The van der Waals surface area contributed by atoms with Gasteiger partial charge in [-0.3, -0.25) is 34.3 Å². The Balaban J connectivity index is 0.753. The van der Waals surface area contributed by atoms with Crippen LogP contribution in [0.15, 0.2) is 97.5 Å². The predicted molar refractivity (Wildman–Crippen MR) is 232 cm³/mol. The highest BCUT2D eigenvalue weighted by Crippen LogP contribution is 2.34. The summed E-state index contributed by atoms with van der Waals surface area (Å²) in [6.07, 6.45) is 12.2. The number of halogens is 1. The summed E-state index contributed by atoms with van der Waals surface area (Å²) in [5, 5.41) is 11.7. The van der Waals surface area contributed by atoms with E-state index in [4.69, 9.17) is 16.3 Å². The van der Waals surface area contributed by atoms with Crippen LogP contribution in [0.5, 0.6) is 5.75 Å². The molecule has 61 heavy (non-hydrogen) atoms. The molecule has 4 heterocycles. The van der Waals surface area contributed by atoms with Gasteiger partial charge in [0.15, 0.2) is 6.61 Å². The van der Waals surface area contributed by atoms with Gasteiger partial charge in [-0.1, -0.05) is 98.3 Å². The molecule has 0 saturated carbocycles. The van der Waals surface area contributed by atoms with Gasteiger partial charge in [-0.05, 0) is 54.7 Å². The highest BCUT2D eigenvalue weighted by atomic mass is 35.5. The summed E-state index contributed by atoms with van der Waals surface area (Å²) in [7, 11) is 0. The molecule has 1 saturated heterocycles. The number of piperidine rings is 1. The van der Waals surface area contributed by atoms with Crippen molar-refractivity contribution in [1.29, 1.82) is 0 Å². The summed E-state index contributed by atoms with van der Waals surface area (Å²) < 4.78 is 5.79. The fraction of sp³-hybridized carbons (Fsp3) is 0.304. The maximum Gasteiger partial charge on any atom is 0.257 e. The summed E-state index contributed by atoms with van der Waals surface area (Å²) in [6.45, 7) is 0.508. The van der Waals surface area contributed by atoms with Crippen LogP contribution in [0.3, 0.4) is 0 Å². The van der Waals surface area contributed by atoms with Gasteiger partial charge in [0, 0.05) is 36.1 Å². The minimum absolute atomic E-state index is 0.0821. The molecule has 1 unspecified atom stereocenters. The summed E-state index contributed by atoms with van der Waals surface area (Å²) in [5.41, 5.74) is 5.84. The number of benzene rings is 3. The van der Waals surface area contributed by atoms with Gasteiger partial charge in [-0.15, -0.1) is 0 Å². The van der Waals surface area contributed by atoms with Crippen LogP contribution < -0.4 is 26.0 Å². The van der Waals surface area contributed by atoms with Gasteiger partial charge in [-0.2, -0.15) is 0 Å². The first-order valence-corrected chi connectivity index (χ1v) is 21.0. The molecule has 0 aliphatic carbocycles. The van der Waals surface area contributed by atoms with E-state index in [1.165, 1.54) is 4.90 Å². The number of amides is 5. The lowest BCUT2D eigenvalue weighted by molar-refractivity contribution is -0.137. The number of hydrogen-bond donors (Lipinski definition) is 4. The van der Waals surface area contributed by atoms with Crippen LogP contribution in [-0.2, 0) is 25.7 Å². The van der Waals surface area contributed by atoms with Crippen LogP contribution in [0.2, 0.25) is 5.02 Å². The lowest BCUT2D eigenvalue weighted by Crippen LogP contribution is -2.52. The lowest BCUT2D eigenvalue weighted by Gasteiger charge is -2.29. The van der Waals surface area contributed by atoms with Crippen molar-refractivity contribution in [2.75, 3.05) is 23.8 Å². The quantitative estimate of drug-likeness (QED) is 0.0477. The fourth-order valence-electron chi connectivity index (χ4n) is 7.44. The summed E-state index contributed by atoms with van der Waals surface area (Å²) >= 11 is 6.53. The van der Waals surface area contributed by atoms with E-state index >= 15 is 0 Å². The zero-order valence-electron chi connectivity index (χ0n) is 33.6. The average Bonchev–Trinajstić information content (AvgIpc) is 3.60. The van der Waals surface area contributed by atoms with Gasteiger partial charge < -0.3 is 25.6 Å². The van der Waals surface area contributed by atoms with Crippen molar-refractivity contribution in [3.05, 3.63) is 114 Å². The molecule has 1 atom stereocenters. The molecule has 4 N–H and O–H groups in total. The highest BCUT2D eigenvalue weighted by Gasteiger charge is 2.40. The Morgan fingerprint density at radius 1 is 0.803 bits per heavy atom. The summed E-state index contributed by atoms with van der Waals surface area (Å²) in [4.78, 5) is 76.9. The normalized spacial score (nSPS) is 14.6. The number of carbonyl (C=O) groups excluding carboxylic acids is 5. The number of carbonyl (C=O) groups is 5. The lowest BCUT2D eigenvalue weighted by atomic mass is 10.0. The van der Waals surface area contributed by atoms with Crippen LogP contribution in [0.4, 0.5) is 17.3 Å². The number of imide groups is 1. The van der Waals surface area contributed by atoms with E-state index < -0.39 is 11.9 Å². The minimum atomic E-state index is -0.720. The molecule has 7 rings (SSSR count). The van der Waals surface area contributed by atoms with E-state index in [9.17, 15) is 24.0 Å². The number of nitrogens with zero attached hydrogens (tertiary/aromatic N) is 4. The molecular formula is C46H47ClN8O6. The zero-order chi connectivity index (χ0) is 42.6. The van der Waals surface area contributed by atoms with Crippen molar-refractivity contribution in [3.63, 3.8) is 0 Å². The molecule has 0 spiro atoms. The molecule has 3 aromatic carbocycles. The third kappa shape index (κ3) is 11.3. The summed E-state index contributed by atoms with van der Waals surface area (Å²) in [5.74, 6) is -0.680. The Bertz CT molecular complexity index is 2400. The van der Waals surface area contributed by atoms with Gasteiger partial charge in [0.05, 0.1) is 47.2 Å². The molecule has 0 radical (unpaired) electrons. The van der Waals surface area contributed by atoms with Crippen molar-refractivity contribution < 1.29 is 28.7 Å². The van der Waals surface area contributed by atoms with E-state index in [0.29, 0.717) is 57.9 Å². The topological polar surface area (TPSA) is 185 Å². The molecule has 15 heteroatoms. The van der Waals surface area contributed by atoms with Crippen molar-refractivity contribution in [2.24, 2.45) is 0 Å². The first kappa shape index (κ1) is 42.5. The van der Waals surface area contributed by atoms with E-state index in [-0.39, 0.29) is 49.6 Å². The van der Waals surface area contributed by atoms with Gasteiger partial charge in [0.1, 0.15) is 11.8 Å². The number of fused-ring (bicyclic) bond motifs is 1. The van der Waals surface area contributed by atoms with Crippen LogP contribution in [0.1, 0.15) is 80.1 Å². The number of unbranched alkanes of at least 4 members (excludes halogenated alkanes) is 6. The standard InChI is InChI=1S/C46H47ClN8O6/c47-37-27-50-46(54-43(37)32-16-11-15-31(23-32)30-13-7-6-8-14-30)52-34-24-33(25-48-26-34)51-40(56)19-9-4-2-1-3-5-10-22-49-42(58)29-61-39-18-12-17-35-36(39)28-55(45(35)60)38-20-21-41(57)53-44(38)59/h6-8,11-18,23-27,38H,1-5,9-10,19-22,28-29H2,(H,49,58)(H,51,56)(H,50,52,54)(H,53,57,59). The second-order valence-corrected chi connectivity index (χ2v) is 15.4. The summed E-state index contributed by atoms with van der Waals surface area (Å²) in [6, 6.07) is 24.2. The zero-order valence-corrected chi connectivity index (χ0v) is 34.4. The van der Waals surface area contributed by atoms with E-state index in [0.717, 1.165) is 61.6 Å². The second-order valence-electron chi connectivity index (χ2n) is 15.0. The molecule has 14 nitrogen and oxygen atoms in total. The van der Waals surface area contributed by atoms with Gasteiger partial charge >= 0.3 is 0 Å². The fourth-order valence-corrected chi connectivity index (χ4v) is 7.64. The van der Waals surface area contributed by atoms with Crippen molar-refractivity contribution in [2.45, 2.75) is 76.8 Å². The monoisotopic (exact) mass is 842 g/mol. The van der Waals surface area contributed by atoms with Crippen LogP contribution in [0, 0.1) is 0 Å². The number of pyridine rings is 1. The van der Waals surface area contributed by atoms with Crippen molar-refractivity contribution in [1.82, 2.24) is 30.5 Å². The Labute approximate surface area is 358 Å². The molecule has 5 aromatic rings.